The topological polar surface area (TPSA) is 20.3 Å². The molecule has 0 N–H and O–H groups in total. The first-order valence-corrected chi connectivity index (χ1v) is 5.14. The Bertz CT molecular complexity index is 282. The van der Waals surface area contributed by atoms with Gasteiger partial charge >= 0.3 is 0 Å². The van der Waals surface area contributed by atoms with E-state index in [-0.39, 0.29) is 5.91 Å². The van der Waals surface area contributed by atoms with Crippen molar-refractivity contribution in [3.05, 3.63) is 35.9 Å². The largest absolute Gasteiger partial charge is 0.339 e. The molecule has 0 bridgehead atoms. The lowest BCUT2D eigenvalue weighted by molar-refractivity contribution is 0.0764. The molecule has 2 nitrogen and oxygen atoms in total. The van der Waals surface area contributed by atoms with Crippen molar-refractivity contribution in [3.63, 3.8) is 0 Å². The second-order valence-corrected chi connectivity index (χ2v) is 3.25. The molecule has 0 atom stereocenters. The third-order valence-electron chi connectivity index (χ3n) is 2.18. The van der Waals surface area contributed by atoms with Crippen LogP contribution in [0.25, 0.3) is 0 Å². The van der Waals surface area contributed by atoms with E-state index in [0.29, 0.717) is 0 Å². The second-order valence-electron chi connectivity index (χ2n) is 3.25. The maximum Gasteiger partial charge on any atom is 0.253 e. The summed E-state index contributed by atoms with van der Waals surface area (Å²) in [5.41, 5.74) is 0.780. The van der Waals surface area contributed by atoms with Crippen LogP contribution in [0.1, 0.15) is 30.6 Å². The van der Waals surface area contributed by atoms with E-state index in [9.17, 15) is 4.79 Å². The Labute approximate surface area is 85.5 Å². The highest BCUT2D eigenvalue weighted by Gasteiger charge is 2.11. The average Bonchev–Trinajstić information content (AvgIpc) is 2.26. The maximum atomic E-state index is 11.9. The van der Waals surface area contributed by atoms with Crippen LogP contribution < -0.4 is 0 Å². The molecule has 0 aliphatic carbocycles. The molecule has 0 spiro atoms. The summed E-state index contributed by atoms with van der Waals surface area (Å²) in [5.74, 6) is 0.134. The second kappa shape index (κ2) is 5.43. The van der Waals surface area contributed by atoms with E-state index in [0.717, 1.165) is 25.1 Å². The quantitative estimate of drug-likeness (QED) is 0.716. The summed E-state index contributed by atoms with van der Waals surface area (Å²) in [6, 6.07) is 9.44. The van der Waals surface area contributed by atoms with E-state index in [1.165, 1.54) is 0 Å². The molecule has 0 aliphatic heterocycles. The van der Waals surface area contributed by atoms with Gasteiger partial charge in [0.2, 0.25) is 0 Å². The van der Waals surface area contributed by atoms with E-state index >= 15 is 0 Å². The Kier molecular flexibility index (Phi) is 4.17. The molecule has 1 aromatic rings. The predicted molar refractivity (Wildman–Crippen MR) is 58.3 cm³/mol. The van der Waals surface area contributed by atoms with Crippen molar-refractivity contribution in [2.75, 3.05) is 13.1 Å². The van der Waals surface area contributed by atoms with E-state index in [2.05, 4.69) is 6.92 Å². The van der Waals surface area contributed by atoms with Crippen molar-refractivity contribution in [2.24, 2.45) is 0 Å². The van der Waals surface area contributed by atoms with Crippen LogP contribution in [-0.2, 0) is 0 Å². The number of carbonyl (C=O) groups excluding carboxylic acids is 1. The van der Waals surface area contributed by atoms with Gasteiger partial charge in [0, 0.05) is 18.7 Å². The predicted octanol–water partition coefficient (Wildman–Crippen LogP) is 2.56. The van der Waals surface area contributed by atoms with Gasteiger partial charge in [-0.25, -0.2) is 0 Å². The first kappa shape index (κ1) is 10.8. The van der Waals surface area contributed by atoms with Crippen molar-refractivity contribution in [2.45, 2.75) is 20.3 Å². The average molecular weight is 191 g/mol. The van der Waals surface area contributed by atoms with Gasteiger partial charge in [-0.3, -0.25) is 4.79 Å². The molecule has 1 aromatic carbocycles. The highest BCUT2D eigenvalue weighted by atomic mass is 16.2. The van der Waals surface area contributed by atoms with Crippen molar-refractivity contribution in [1.29, 1.82) is 0 Å². The van der Waals surface area contributed by atoms with Crippen LogP contribution in [0.2, 0.25) is 0 Å². The van der Waals surface area contributed by atoms with Crippen LogP contribution in [0.5, 0.6) is 0 Å². The molecule has 0 radical (unpaired) electrons. The van der Waals surface area contributed by atoms with Crippen LogP contribution in [0.4, 0.5) is 0 Å². The monoisotopic (exact) mass is 191 g/mol. The van der Waals surface area contributed by atoms with E-state index in [1.807, 2.05) is 42.2 Å². The number of hydrogen-bond donors (Lipinski definition) is 0. The maximum absolute atomic E-state index is 11.9. The van der Waals surface area contributed by atoms with Crippen molar-refractivity contribution >= 4 is 5.91 Å². The molecule has 14 heavy (non-hydrogen) atoms. The number of nitrogens with zero attached hydrogens (tertiary/aromatic N) is 1. The summed E-state index contributed by atoms with van der Waals surface area (Å²) in [7, 11) is 0. The Balaban J connectivity index is 2.73. The lowest BCUT2D eigenvalue weighted by atomic mass is 10.2. The molecule has 1 rings (SSSR count). The van der Waals surface area contributed by atoms with E-state index in [1.54, 1.807) is 0 Å². The molecule has 1 amide bonds. The molecule has 0 aromatic heterocycles. The highest BCUT2D eigenvalue weighted by Crippen LogP contribution is 2.04. The van der Waals surface area contributed by atoms with Crippen LogP contribution in [0.15, 0.2) is 30.3 Å². The summed E-state index contributed by atoms with van der Waals surface area (Å²) in [6.45, 7) is 5.71. The van der Waals surface area contributed by atoms with Gasteiger partial charge in [-0.1, -0.05) is 25.1 Å². The van der Waals surface area contributed by atoms with Gasteiger partial charge in [0.25, 0.3) is 5.91 Å². The number of amides is 1. The molecule has 76 valence electrons. The minimum absolute atomic E-state index is 0.134. The fraction of sp³-hybridized carbons (Fsp3) is 0.417. The smallest absolute Gasteiger partial charge is 0.253 e. The van der Waals surface area contributed by atoms with Gasteiger partial charge in [0.05, 0.1) is 0 Å². The fourth-order valence-corrected chi connectivity index (χ4v) is 1.44. The van der Waals surface area contributed by atoms with Crippen molar-refractivity contribution < 1.29 is 4.79 Å². The zero-order chi connectivity index (χ0) is 10.4. The van der Waals surface area contributed by atoms with Crippen LogP contribution in [0.3, 0.4) is 0 Å². The van der Waals surface area contributed by atoms with E-state index in [4.69, 9.17) is 0 Å². The molecular weight excluding hydrogens is 174 g/mol. The molecule has 0 saturated carbocycles. The minimum Gasteiger partial charge on any atom is -0.339 e. The van der Waals surface area contributed by atoms with Crippen LogP contribution in [0, 0.1) is 0 Å². The Morgan fingerprint density at radius 2 is 1.86 bits per heavy atom. The van der Waals surface area contributed by atoms with Gasteiger partial charge in [-0.2, -0.15) is 0 Å². The molecule has 0 unspecified atom stereocenters. The number of benzene rings is 1. The van der Waals surface area contributed by atoms with Crippen molar-refractivity contribution in [3.8, 4) is 0 Å². The standard InChI is InChI=1S/C12H17NO/c1-3-10-13(4-2)12(14)11-8-6-5-7-9-11/h5-9H,3-4,10H2,1-2H3. The molecule has 0 aliphatic rings. The van der Waals surface area contributed by atoms with Gasteiger partial charge in [0.1, 0.15) is 0 Å². The van der Waals surface area contributed by atoms with Crippen molar-refractivity contribution in [1.82, 2.24) is 4.90 Å². The number of hydrogen-bond acceptors (Lipinski definition) is 1. The minimum atomic E-state index is 0.134. The number of carbonyl (C=O) groups is 1. The SMILES string of the molecule is CCCN(CC)C(=O)c1ccccc1. The lowest BCUT2D eigenvalue weighted by Gasteiger charge is -2.19. The van der Waals surface area contributed by atoms with Gasteiger partial charge in [-0.15, -0.1) is 0 Å². The summed E-state index contributed by atoms with van der Waals surface area (Å²) >= 11 is 0. The molecule has 0 heterocycles. The first-order chi connectivity index (χ1) is 6.79. The zero-order valence-corrected chi connectivity index (χ0v) is 8.86. The Morgan fingerprint density at radius 3 is 2.36 bits per heavy atom. The Hall–Kier alpha value is -1.31. The molecular formula is C12H17NO. The Morgan fingerprint density at radius 1 is 1.21 bits per heavy atom. The highest BCUT2D eigenvalue weighted by molar-refractivity contribution is 5.94. The van der Waals surface area contributed by atoms with Gasteiger partial charge < -0.3 is 4.90 Å². The molecule has 2 heteroatoms. The molecule has 0 saturated heterocycles. The summed E-state index contributed by atoms with van der Waals surface area (Å²) in [5, 5.41) is 0. The summed E-state index contributed by atoms with van der Waals surface area (Å²) < 4.78 is 0. The van der Waals surface area contributed by atoms with Crippen LogP contribution >= 0.6 is 0 Å². The van der Waals surface area contributed by atoms with Gasteiger partial charge in [-0.05, 0) is 25.5 Å². The normalized spacial score (nSPS) is 9.86. The summed E-state index contributed by atoms with van der Waals surface area (Å²) in [6.07, 6.45) is 1.01. The number of rotatable bonds is 4. The van der Waals surface area contributed by atoms with E-state index < -0.39 is 0 Å². The fourth-order valence-electron chi connectivity index (χ4n) is 1.44. The third-order valence-corrected chi connectivity index (χ3v) is 2.18. The third kappa shape index (κ3) is 2.59. The lowest BCUT2D eigenvalue weighted by Crippen LogP contribution is -2.31. The first-order valence-electron chi connectivity index (χ1n) is 5.14. The zero-order valence-electron chi connectivity index (χ0n) is 8.86. The summed E-state index contributed by atoms with van der Waals surface area (Å²) in [4.78, 5) is 13.8. The van der Waals surface area contributed by atoms with Crippen LogP contribution in [-0.4, -0.2) is 23.9 Å². The molecule has 0 fully saturated rings. The van der Waals surface area contributed by atoms with Gasteiger partial charge in [0.15, 0.2) is 0 Å².